The van der Waals surface area contributed by atoms with E-state index in [1.807, 2.05) is 83.1 Å². The topological polar surface area (TPSA) is 176 Å². The van der Waals surface area contributed by atoms with Gasteiger partial charge in [0.1, 0.15) is 0 Å². The van der Waals surface area contributed by atoms with Gasteiger partial charge in [-0.25, -0.2) is 0 Å². The summed E-state index contributed by atoms with van der Waals surface area (Å²) in [5.41, 5.74) is 0. The van der Waals surface area contributed by atoms with E-state index in [-0.39, 0.29) is 36.6 Å². The first-order valence-electron chi connectivity index (χ1n) is 16.0. The van der Waals surface area contributed by atoms with Gasteiger partial charge >= 0.3 is 17.4 Å². The number of carboxylic acids is 3. The van der Waals surface area contributed by atoms with Crippen LogP contribution >= 0.6 is 0 Å². The first kappa shape index (κ1) is 51.5. The summed E-state index contributed by atoms with van der Waals surface area (Å²) in [6.45, 7) is 27.0. The first-order chi connectivity index (χ1) is 20.7. The number of aliphatic carboxylic acids is 3. The molecular formula is C33H63AlO12. The van der Waals surface area contributed by atoms with Gasteiger partial charge in [-0.15, -0.1) is 0 Å². The van der Waals surface area contributed by atoms with Gasteiger partial charge in [-0.2, -0.15) is 0 Å². The fourth-order valence-corrected chi connectivity index (χ4v) is 2.70. The molecule has 46 heavy (non-hydrogen) atoms. The molecule has 0 radical (unpaired) electrons. The molecule has 0 aliphatic rings. The molecule has 0 aliphatic heterocycles. The van der Waals surface area contributed by atoms with Crippen LogP contribution in [0.3, 0.4) is 0 Å². The first-order valence-corrected chi connectivity index (χ1v) is 16.0. The summed E-state index contributed by atoms with van der Waals surface area (Å²) in [5, 5.41) is 31.3. The molecule has 0 aromatic carbocycles. The number of hydrogen-bond donors (Lipinski definition) is 0. The summed E-state index contributed by atoms with van der Waals surface area (Å²) in [5.74, 6) is -1.29. The van der Waals surface area contributed by atoms with Crippen molar-refractivity contribution in [2.24, 2.45) is 35.5 Å². The van der Waals surface area contributed by atoms with E-state index in [2.05, 4.69) is 0 Å². The minimum atomic E-state index is -1.15. The molecule has 270 valence electrons. The molecule has 12 nitrogen and oxygen atoms in total. The summed E-state index contributed by atoms with van der Waals surface area (Å²) in [4.78, 5) is 31.3. The maximum atomic E-state index is 10.4. The molecule has 0 aromatic rings. The Morgan fingerprint density at radius 3 is 0.587 bits per heavy atom. The fraction of sp³-hybridized carbons (Fsp3) is 0.909. The maximum Gasteiger partial charge on any atom is 3.00 e. The third-order valence-electron chi connectivity index (χ3n) is 4.69. The zero-order chi connectivity index (χ0) is 35.5. The number of hydrogen-bond acceptors (Lipinski definition) is 12. The molecule has 0 saturated heterocycles. The van der Waals surface area contributed by atoms with Gasteiger partial charge in [0.25, 0.3) is 0 Å². The minimum absolute atomic E-state index is 0. The molecule has 0 spiro atoms. The predicted molar refractivity (Wildman–Crippen MR) is 171 cm³/mol. The number of carboxylic acid groups (broad SMARTS) is 3. The Balaban J connectivity index is -0.000000285. The standard InChI is InChI=1S/3C11H22O4.Al/c3*1-8(2)6-14-11(5-10(12)13)15-7-9(3)4;/h3*8-9,11H,5-7H2,1-4H3,(H,12,13);/q;;;+3/p-3. The molecule has 0 N–H and O–H groups in total. The van der Waals surface area contributed by atoms with Crippen molar-refractivity contribution in [2.75, 3.05) is 39.6 Å². The van der Waals surface area contributed by atoms with E-state index in [4.69, 9.17) is 28.4 Å². The van der Waals surface area contributed by atoms with Gasteiger partial charge in [-0.05, 0) is 35.5 Å². The zero-order valence-electron chi connectivity index (χ0n) is 30.5. The van der Waals surface area contributed by atoms with Crippen LogP contribution in [0, 0.1) is 35.5 Å². The van der Waals surface area contributed by atoms with Crippen LogP contribution in [0.25, 0.3) is 0 Å². The van der Waals surface area contributed by atoms with Gasteiger partial charge in [0.15, 0.2) is 18.9 Å². The Morgan fingerprint density at radius 1 is 0.370 bits per heavy atom. The van der Waals surface area contributed by atoms with Gasteiger partial charge < -0.3 is 58.1 Å². The summed E-state index contributed by atoms with van der Waals surface area (Å²) in [6, 6.07) is 0. The molecule has 0 saturated carbocycles. The van der Waals surface area contributed by atoms with Gasteiger partial charge in [0.05, 0.1) is 39.6 Å². The molecule has 13 heteroatoms. The third kappa shape index (κ3) is 44.8. The summed E-state index contributed by atoms with van der Waals surface area (Å²) < 4.78 is 31.9. The molecular weight excluding hydrogens is 615 g/mol. The zero-order valence-corrected chi connectivity index (χ0v) is 31.7. The van der Waals surface area contributed by atoms with Crippen molar-refractivity contribution in [3.05, 3.63) is 0 Å². The molecule has 0 fully saturated rings. The third-order valence-corrected chi connectivity index (χ3v) is 4.69. The molecule has 0 aliphatic carbocycles. The van der Waals surface area contributed by atoms with Crippen LogP contribution in [-0.2, 0) is 42.8 Å². The van der Waals surface area contributed by atoms with Gasteiger partial charge in [-0.1, -0.05) is 83.1 Å². The molecule has 0 heterocycles. The number of carbonyl (C=O) groups is 3. The average molecular weight is 679 g/mol. The van der Waals surface area contributed by atoms with Crippen molar-refractivity contribution in [3.8, 4) is 0 Å². The van der Waals surface area contributed by atoms with Crippen molar-refractivity contribution in [1.29, 1.82) is 0 Å². The van der Waals surface area contributed by atoms with E-state index in [0.717, 1.165) is 0 Å². The number of rotatable bonds is 24. The average Bonchev–Trinajstić information content (AvgIpc) is 2.88. The Kier molecular flexibility index (Phi) is 36.1. The Hall–Kier alpha value is -1.30. The van der Waals surface area contributed by atoms with Gasteiger partial charge in [0, 0.05) is 37.2 Å². The molecule has 0 rings (SSSR count). The van der Waals surface area contributed by atoms with Crippen molar-refractivity contribution in [3.63, 3.8) is 0 Å². The molecule has 0 bridgehead atoms. The van der Waals surface area contributed by atoms with E-state index in [1.54, 1.807) is 0 Å². The second-order valence-electron chi connectivity index (χ2n) is 13.4. The quantitative estimate of drug-likeness (QED) is 0.107. The largest absolute Gasteiger partial charge is 3.00 e. The van der Waals surface area contributed by atoms with Crippen LogP contribution in [0.2, 0.25) is 0 Å². The molecule has 0 amide bonds. The van der Waals surface area contributed by atoms with Crippen LogP contribution in [0.15, 0.2) is 0 Å². The number of ether oxygens (including phenoxy) is 6. The van der Waals surface area contributed by atoms with Crippen molar-refractivity contribution < 1.29 is 58.1 Å². The normalized spacial score (nSPS) is 11.4. The second kappa shape index (κ2) is 32.3. The van der Waals surface area contributed by atoms with Gasteiger partial charge in [0.2, 0.25) is 0 Å². The second-order valence-corrected chi connectivity index (χ2v) is 13.4. The van der Waals surface area contributed by atoms with Crippen LogP contribution in [0.1, 0.15) is 102 Å². The van der Waals surface area contributed by atoms with E-state index in [1.165, 1.54) is 0 Å². The van der Waals surface area contributed by atoms with Gasteiger partial charge in [-0.3, -0.25) is 0 Å². The summed E-state index contributed by atoms with van der Waals surface area (Å²) in [7, 11) is 0. The van der Waals surface area contributed by atoms with Crippen LogP contribution in [0.5, 0.6) is 0 Å². The van der Waals surface area contributed by atoms with E-state index >= 15 is 0 Å². The monoisotopic (exact) mass is 678 g/mol. The Morgan fingerprint density at radius 2 is 0.500 bits per heavy atom. The molecule has 0 aromatic heterocycles. The number of carbonyl (C=O) groups excluding carboxylic acids is 3. The van der Waals surface area contributed by atoms with E-state index in [0.29, 0.717) is 75.1 Å². The predicted octanol–water partition coefficient (Wildman–Crippen LogP) is 2.01. The van der Waals surface area contributed by atoms with Crippen molar-refractivity contribution >= 4 is 35.3 Å². The van der Waals surface area contributed by atoms with Crippen LogP contribution in [0.4, 0.5) is 0 Å². The molecule has 0 unspecified atom stereocenters. The summed E-state index contributed by atoms with van der Waals surface area (Å²) in [6.07, 6.45) is -2.67. The van der Waals surface area contributed by atoms with Crippen LogP contribution in [-0.4, -0.2) is 93.8 Å². The minimum Gasteiger partial charge on any atom is -0.550 e. The van der Waals surface area contributed by atoms with Crippen molar-refractivity contribution in [1.82, 2.24) is 0 Å². The Labute approximate surface area is 289 Å². The SMILES string of the molecule is CC(C)COC(CC(=O)[O-])OCC(C)C.CC(C)COC(CC(=O)[O-])OCC(C)C.CC(C)COC(CC(=O)[O-])OCC(C)C.[Al+3]. The Bertz CT molecular complexity index is 598. The molecule has 0 atom stereocenters. The smallest absolute Gasteiger partial charge is 0.550 e. The van der Waals surface area contributed by atoms with Crippen LogP contribution < -0.4 is 15.3 Å². The fourth-order valence-electron chi connectivity index (χ4n) is 2.70. The van der Waals surface area contributed by atoms with Crippen molar-refractivity contribution in [2.45, 2.75) is 121 Å². The maximum absolute atomic E-state index is 10.4. The van der Waals surface area contributed by atoms with E-state index in [9.17, 15) is 29.7 Å². The van der Waals surface area contributed by atoms with E-state index < -0.39 is 36.8 Å². The summed E-state index contributed by atoms with van der Waals surface area (Å²) >= 11 is 0.